The first-order chi connectivity index (χ1) is 9.63. The van der Waals surface area contributed by atoms with Crippen LogP contribution in [0.3, 0.4) is 0 Å². The van der Waals surface area contributed by atoms with Crippen LogP contribution in [0.2, 0.25) is 0 Å². The number of nitrogens with zero attached hydrogens (tertiary/aromatic N) is 1. The molecule has 0 aliphatic heterocycles. The van der Waals surface area contributed by atoms with E-state index in [0.717, 1.165) is 21.3 Å². The summed E-state index contributed by atoms with van der Waals surface area (Å²) >= 11 is 3.45. The van der Waals surface area contributed by atoms with Gasteiger partial charge in [0.1, 0.15) is 5.75 Å². The molecule has 0 saturated heterocycles. The lowest BCUT2D eigenvalue weighted by Crippen LogP contribution is -1.86. The summed E-state index contributed by atoms with van der Waals surface area (Å²) in [6.07, 6.45) is 1.87. The van der Waals surface area contributed by atoms with Gasteiger partial charge in [-0.05, 0) is 52.2 Å². The van der Waals surface area contributed by atoms with Crippen LogP contribution >= 0.6 is 15.9 Å². The molecule has 2 aromatic carbocycles. The predicted octanol–water partition coefficient (Wildman–Crippen LogP) is 4.83. The molecule has 0 spiro atoms. The van der Waals surface area contributed by atoms with Gasteiger partial charge in [-0.1, -0.05) is 35.9 Å². The monoisotopic (exact) mass is 327 g/mol. The van der Waals surface area contributed by atoms with E-state index in [1.807, 2.05) is 55.5 Å². The molecule has 2 rings (SSSR count). The summed E-state index contributed by atoms with van der Waals surface area (Å²) in [4.78, 5) is 0. The maximum absolute atomic E-state index is 9.33. The molecule has 0 heterocycles. The molecule has 0 saturated carbocycles. The SMILES string of the molecule is COc1ccc(/C=C(/C#N)c2ccc(C)cc2)cc1Br. The van der Waals surface area contributed by atoms with Gasteiger partial charge in [-0.2, -0.15) is 5.26 Å². The Kier molecular flexibility index (Phi) is 4.60. The molecule has 0 aromatic heterocycles. The summed E-state index contributed by atoms with van der Waals surface area (Å²) in [6.45, 7) is 2.03. The van der Waals surface area contributed by atoms with Crippen molar-refractivity contribution in [2.75, 3.05) is 7.11 Å². The Morgan fingerprint density at radius 1 is 1.20 bits per heavy atom. The van der Waals surface area contributed by atoms with Crippen LogP contribution in [0.1, 0.15) is 16.7 Å². The van der Waals surface area contributed by atoms with E-state index in [4.69, 9.17) is 4.74 Å². The van der Waals surface area contributed by atoms with E-state index in [9.17, 15) is 5.26 Å². The number of allylic oxidation sites excluding steroid dienone is 1. The first-order valence-electron chi connectivity index (χ1n) is 6.16. The van der Waals surface area contributed by atoms with Crippen LogP contribution in [0.4, 0.5) is 0 Å². The quantitative estimate of drug-likeness (QED) is 0.597. The standard InChI is InChI=1S/C17H14BrNO/c1-12-3-6-14(7-4-12)15(11-19)9-13-5-8-17(20-2)16(18)10-13/h3-10H,1-2H3/b15-9-. The molecule has 0 N–H and O–H groups in total. The van der Waals surface area contributed by atoms with E-state index in [0.29, 0.717) is 5.57 Å². The highest BCUT2D eigenvalue weighted by atomic mass is 79.9. The minimum atomic E-state index is 0.641. The predicted molar refractivity (Wildman–Crippen MR) is 85.4 cm³/mol. The molecular weight excluding hydrogens is 314 g/mol. The summed E-state index contributed by atoms with van der Waals surface area (Å²) in [5.74, 6) is 0.774. The Hall–Kier alpha value is -2.05. The van der Waals surface area contributed by atoms with Crippen LogP contribution in [0.15, 0.2) is 46.9 Å². The number of aryl methyl sites for hydroxylation is 1. The number of ether oxygens (including phenoxy) is 1. The van der Waals surface area contributed by atoms with Gasteiger partial charge in [0.2, 0.25) is 0 Å². The lowest BCUT2D eigenvalue weighted by Gasteiger charge is -2.05. The summed E-state index contributed by atoms with van der Waals surface area (Å²) < 4.78 is 6.07. The highest BCUT2D eigenvalue weighted by Crippen LogP contribution is 2.27. The maximum Gasteiger partial charge on any atom is 0.133 e. The first-order valence-corrected chi connectivity index (χ1v) is 6.95. The fourth-order valence-corrected chi connectivity index (χ4v) is 2.41. The number of hydrogen-bond acceptors (Lipinski definition) is 2. The zero-order valence-electron chi connectivity index (χ0n) is 11.4. The van der Waals surface area contributed by atoms with Gasteiger partial charge < -0.3 is 4.74 Å². The molecule has 2 aromatic rings. The van der Waals surface area contributed by atoms with E-state index < -0.39 is 0 Å². The van der Waals surface area contributed by atoms with Gasteiger partial charge in [0.05, 0.1) is 23.2 Å². The molecule has 0 radical (unpaired) electrons. The van der Waals surface area contributed by atoms with Crippen molar-refractivity contribution in [3.63, 3.8) is 0 Å². The smallest absolute Gasteiger partial charge is 0.133 e. The van der Waals surface area contributed by atoms with Gasteiger partial charge in [-0.15, -0.1) is 0 Å². The van der Waals surface area contributed by atoms with Crippen molar-refractivity contribution in [3.05, 3.63) is 63.6 Å². The molecule has 0 fully saturated rings. The molecule has 0 aliphatic rings. The van der Waals surface area contributed by atoms with E-state index in [2.05, 4.69) is 22.0 Å². The Labute approximate surface area is 127 Å². The van der Waals surface area contributed by atoms with E-state index >= 15 is 0 Å². The van der Waals surface area contributed by atoms with Crippen molar-refractivity contribution in [1.29, 1.82) is 5.26 Å². The fourth-order valence-electron chi connectivity index (χ4n) is 1.85. The lowest BCUT2D eigenvalue weighted by atomic mass is 10.0. The molecule has 20 heavy (non-hydrogen) atoms. The van der Waals surface area contributed by atoms with Gasteiger partial charge >= 0.3 is 0 Å². The molecule has 100 valence electrons. The average Bonchev–Trinajstić information content (AvgIpc) is 2.46. The first kappa shape index (κ1) is 14.4. The zero-order chi connectivity index (χ0) is 14.5. The molecular formula is C17H14BrNO. The molecule has 3 heteroatoms. The third-order valence-corrected chi connectivity index (χ3v) is 3.59. The number of hydrogen-bond donors (Lipinski definition) is 0. The van der Waals surface area contributed by atoms with Gasteiger partial charge in [0.15, 0.2) is 0 Å². The molecule has 0 atom stereocenters. The van der Waals surface area contributed by atoms with Crippen molar-refractivity contribution in [2.24, 2.45) is 0 Å². The van der Waals surface area contributed by atoms with Gasteiger partial charge in [-0.3, -0.25) is 0 Å². The molecule has 0 bridgehead atoms. The number of methoxy groups -OCH3 is 1. The second-order valence-corrected chi connectivity index (χ2v) is 5.28. The van der Waals surface area contributed by atoms with Crippen LogP contribution in [-0.2, 0) is 0 Å². The lowest BCUT2D eigenvalue weighted by molar-refractivity contribution is 0.412. The Balaban J connectivity index is 2.39. The van der Waals surface area contributed by atoms with E-state index in [1.54, 1.807) is 7.11 Å². The van der Waals surface area contributed by atoms with Gasteiger partial charge in [-0.25, -0.2) is 0 Å². The Morgan fingerprint density at radius 2 is 1.90 bits per heavy atom. The van der Waals surface area contributed by atoms with Crippen LogP contribution in [0, 0.1) is 18.3 Å². The van der Waals surface area contributed by atoms with Crippen molar-refractivity contribution < 1.29 is 4.74 Å². The average molecular weight is 328 g/mol. The third-order valence-electron chi connectivity index (χ3n) is 2.97. The number of nitriles is 1. The number of halogens is 1. The highest BCUT2D eigenvalue weighted by Gasteiger charge is 2.03. The minimum Gasteiger partial charge on any atom is -0.496 e. The second kappa shape index (κ2) is 6.40. The minimum absolute atomic E-state index is 0.641. The fraction of sp³-hybridized carbons (Fsp3) is 0.118. The van der Waals surface area contributed by atoms with Crippen LogP contribution in [-0.4, -0.2) is 7.11 Å². The van der Waals surface area contributed by atoms with Crippen LogP contribution in [0.5, 0.6) is 5.75 Å². The van der Waals surface area contributed by atoms with E-state index in [-0.39, 0.29) is 0 Å². The summed E-state index contributed by atoms with van der Waals surface area (Å²) in [5, 5.41) is 9.33. The second-order valence-electron chi connectivity index (χ2n) is 4.43. The maximum atomic E-state index is 9.33. The van der Waals surface area contributed by atoms with Crippen molar-refractivity contribution >= 4 is 27.6 Å². The summed E-state index contributed by atoms with van der Waals surface area (Å²) in [7, 11) is 1.63. The number of rotatable bonds is 3. The summed E-state index contributed by atoms with van der Waals surface area (Å²) in [5.41, 5.74) is 3.69. The largest absolute Gasteiger partial charge is 0.496 e. The normalized spacial score (nSPS) is 11.0. The van der Waals surface area contributed by atoms with Crippen LogP contribution < -0.4 is 4.74 Å². The van der Waals surface area contributed by atoms with Gasteiger partial charge in [0.25, 0.3) is 0 Å². The van der Waals surface area contributed by atoms with Crippen LogP contribution in [0.25, 0.3) is 11.6 Å². The number of benzene rings is 2. The van der Waals surface area contributed by atoms with Crippen molar-refractivity contribution in [2.45, 2.75) is 6.92 Å². The summed E-state index contributed by atoms with van der Waals surface area (Å²) in [6, 6.07) is 15.9. The molecule has 0 amide bonds. The highest BCUT2D eigenvalue weighted by molar-refractivity contribution is 9.10. The Bertz CT molecular complexity index is 681. The third kappa shape index (κ3) is 3.28. The van der Waals surface area contributed by atoms with Gasteiger partial charge in [0, 0.05) is 0 Å². The molecule has 0 aliphatic carbocycles. The molecule has 0 unspecified atom stereocenters. The van der Waals surface area contributed by atoms with Crippen molar-refractivity contribution in [3.8, 4) is 11.8 Å². The topological polar surface area (TPSA) is 33.0 Å². The van der Waals surface area contributed by atoms with E-state index in [1.165, 1.54) is 5.56 Å². The Morgan fingerprint density at radius 3 is 2.45 bits per heavy atom. The zero-order valence-corrected chi connectivity index (χ0v) is 12.9. The molecule has 2 nitrogen and oxygen atoms in total. The van der Waals surface area contributed by atoms with Crippen molar-refractivity contribution in [1.82, 2.24) is 0 Å².